The Bertz CT molecular complexity index is 1140. The Morgan fingerprint density at radius 1 is 0.880 bits per heavy atom. The number of aryl methyl sites for hydroxylation is 3. The number of nitrogens with zero attached hydrogens (tertiary/aromatic N) is 2. The number of fused-ring (bicyclic) bond motifs is 1. The smallest absolute Gasteiger partial charge is 0.280 e. The number of nitrogens with one attached hydrogen (secondary N) is 1. The highest BCUT2D eigenvalue weighted by molar-refractivity contribution is 5.81. The Morgan fingerprint density at radius 3 is 2.32 bits per heavy atom. The standard InChI is InChI=1S/C21H19N3O/c1-13-8-7-11-17(12-13)19-14(2)22-20-18(16-9-5-4-6-10-16)15(3)23-24(20)21(19)25/h4-12,23H,1-3H3. The molecule has 124 valence electrons. The van der Waals surface area contributed by atoms with E-state index >= 15 is 0 Å². The minimum atomic E-state index is -0.0709. The van der Waals surface area contributed by atoms with E-state index in [0.29, 0.717) is 11.2 Å². The molecule has 0 saturated heterocycles. The maximum atomic E-state index is 13.1. The molecule has 1 N–H and O–H groups in total. The maximum Gasteiger partial charge on any atom is 0.280 e. The van der Waals surface area contributed by atoms with Gasteiger partial charge in [0.1, 0.15) is 0 Å². The average molecular weight is 329 g/mol. The van der Waals surface area contributed by atoms with Crippen LogP contribution in [0.5, 0.6) is 0 Å². The first-order valence-electron chi connectivity index (χ1n) is 8.30. The van der Waals surface area contributed by atoms with Crippen LogP contribution in [-0.2, 0) is 0 Å². The van der Waals surface area contributed by atoms with Crippen molar-refractivity contribution in [3.8, 4) is 22.3 Å². The minimum Gasteiger partial charge on any atom is -0.293 e. The van der Waals surface area contributed by atoms with Crippen LogP contribution in [-0.4, -0.2) is 14.6 Å². The summed E-state index contributed by atoms with van der Waals surface area (Å²) in [5.41, 5.74) is 6.95. The first kappa shape index (κ1) is 15.4. The highest BCUT2D eigenvalue weighted by Gasteiger charge is 2.18. The van der Waals surface area contributed by atoms with Gasteiger partial charge in [0.05, 0.1) is 11.3 Å². The molecule has 2 aromatic carbocycles. The minimum absolute atomic E-state index is 0.0709. The van der Waals surface area contributed by atoms with Gasteiger partial charge < -0.3 is 0 Å². The normalized spacial score (nSPS) is 11.2. The van der Waals surface area contributed by atoms with Crippen molar-refractivity contribution in [3.63, 3.8) is 0 Å². The average Bonchev–Trinajstić information content (AvgIpc) is 2.92. The summed E-state index contributed by atoms with van der Waals surface area (Å²) in [6.07, 6.45) is 0. The monoisotopic (exact) mass is 329 g/mol. The lowest BCUT2D eigenvalue weighted by molar-refractivity contribution is 0.876. The fourth-order valence-corrected chi connectivity index (χ4v) is 3.37. The molecular formula is C21H19N3O. The van der Waals surface area contributed by atoms with Gasteiger partial charge in [-0.2, -0.15) is 0 Å². The molecule has 4 aromatic rings. The zero-order valence-electron chi connectivity index (χ0n) is 14.5. The van der Waals surface area contributed by atoms with Gasteiger partial charge in [0.2, 0.25) is 0 Å². The third-order valence-corrected chi connectivity index (χ3v) is 4.51. The van der Waals surface area contributed by atoms with Crippen LogP contribution in [0, 0.1) is 20.8 Å². The van der Waals surface area contributed by atoms with Crippen molar-refractivity contribution in [2.75, 3.05) is 0 Å². The topological polar surface area (TPSA) is 50.2 Å². The summed E-state index contributed by atoms with van der Waals surface area (Å²) >= 11 is 0. The van der Waals surface area contributed by atoms with Gasteiger partial charge in [0.15, 0.2) is 5.65 Å². The summed E-state index contributed by atoms with van der Waals surface area (Å²) in [7, 11) is 0. The van der Waals surface area contributed by atoms with Crippen molar-refractivity contribution in [1.29, 1.82) is 0 Å². The summed E-state index contributed by atoms with van der Waals surface area (Å²) in [6, 6.07) is 18.0. The summed E-state index contributed by atoms with van der Waals surface area (Å²) in [5.74, 6) is 0. The summed E-state index contributed by atoms with van der Waals surface area (Å²) < 4.78 is 1.56. The Balaban J connectivity index is 2.04. The second-order valence-corrected chi connectivity index (χ2v) is 6.38. The van der Waals surface area contributed by atoms with Crippen LogP contribution in [0.4, 0.5) is 0 Å². The number of aromatic nitrogens is 3. The van der Waals surface area contributed by atoms with Gasteiger partial charge in [0, 0.05) is 11.3 Å². The molecule has 0 saturated carbocycles. The predicted octanol–water partition coefficient (Wildman–Crippen LogP) is 4.28. The molecule has 0 radical (unpaired) electrons. The lowest BCUT2D eigenvalue weighted by atomic mass is 10.0. The van der Waals surface area contributed by atoms with Crippen molar-refractivity contribution in [1.82, 2.24) is 14.6 Å². The molecule has 25 heavy (non-hydrogen) atoms. The molecule has 2 heterocycles. The highest BCUT2D eigenvalue weighted by atomic mass is 16.1. The molecule has 0 bridgehead atoms. The number of H-pyrrole nitrogens is 1. The van der Waals surface area contributed by atoms with E-state index < -0.39 is 0 Å². The molecule has 0 atom stereocenters. The van der Waals surface area contributed by atoms with Crippen LogP contribution in [0.2, 0.25) is 0 Å². The number of rotatable bonds is 2. The molecule has 0 aliphatic rings. The van der Waals surface area contributed by atoms with Crippen LogP contribution in [0.3, 0.4) is 0 Å². The van der Waals surface area contributed by atoms with Crippen LogP contribution in [0.25, 0.3) is 27.9 Å². The number of aromatic amines is 1. The van der Waals surface area contributed by atoms with Gasteiger partial charge in [-0.05, 0) is 31.9 Å². The molecule has 0 spiro atoms. The predicted molar refractivity (Wildman–Crippen MR) is 101 cm³/mol. The van der Waals surface area contributed by atoms with Crippen LogP contribution in [0.1, 0.15) is 17.0 Å². The molecule has 0 fully saturated rings. The third kappa shape index (κ3) is 2.47. The highest BCUT2D eigenvalue weighted by Crippen LogP contribution is 2.28. The van der Waals surface area contributed by atoms with Gasteiger partial charge in [-0.25, -0.2) is 9.50 Å². The van der Waals surface area contributed by atoms with Crippen molar-refractivity contribution >= 4 is 5.65 Å². The summed E-state index contributed by atoms with van der Waals surface area (Å²) in [4.78, 5) is 17.9. The van der Waals surface area contributed by atoms with Crippen molar-refractivity contribution in [2.24, 2.45) is 0 Å². The van der Waals surface area contributed by atoms with Gasteiger partial charge in [-0.1, -0.05) is 60.2 Å². The zero-order chi connectivity index (χ0) is 17.6. The Labute approximate surface area is 145 Å². The molecule has 0 amide bonds. The first-order chi connectivity index (χ1) is 12.1. The van der Waals surface area contributed by atoms with E-state index in [1.807, 2.05) is 75.4 Å². The number of hydrogen-bond donors (Lipinski definition) is 1. The molecule has 4 nitrogen and oxygen atoms in total. The molecule has 0 aliphatic heterocycles. The van der Waals surface area contributed by atoms with Crippen LogP contribution in [0.15, 0.2) is 59.4 Å². The van der Waals surface area contributed by atoms with Crippen LogP contribution < -0.4 is 5.56 Å². The van der Waals surface area contributed by atoms with E-state index in [4.69, 9.17) is 4.98 Å². The Kier molecular flexibility index (Phi) is 3.53. The molecule has 4 heteroatoms. The molecule has 0 unspecified atom stereocenters. The Morgan fingerprint density at radius 2 is 1.60 bits per heavy atom. The summed E-state index contributed by atoms with van der Waals surface area (Å²) in [6.45, 7) is 5.89. The van der Waals surface area contributed by atoms with Crippen molar-refractivity contribution in [3.05, 3.63) is 81.9 Å². The van der Waals surface area contributed by atoms with Crippen molar-refractivity contribution in [2.45, 2.75) is 20.8 Å². The molecular weight excluding hydrogens is 310 g/mol. The fraction of sp³-hybridized carbons (Fsp3) is 0.143. The van der Waals surface area contributed by atoms with E-state index in [0.717, 1.165) is 33.6 Å². The maximum absolute atomic E-state index is 13.1. The van der Waals surface area contributed by atoms with Crippen LogP contribution >= 0.6 is 0 Å². The largest absolute Gasteiger partial charge is 0.293 e. The molecule has 4 rings (SSSR count). The first-order valence-corrected chi connectivity index (χ1v) is 8.30. The van der Waals surface area contributed by atoms with E-state index in [1.54, 1.807) is 4.52 Å². The number of benzene rings is 2. The molecule has 0 aliphatic carbocycles. The van der Waals surface area contributed by atoms with E-state index in [9.17, 15) is 4.79 Å². The Hall–Kier alpha value is -3.14. The van der Waals surface area contributed by atoms with Crippen molar-refractivity contribution < 1.29 is 0 Å². The van der Waals surface area contributed by atoms with Gasteiger partial charge in [0.25, 0.3) is 5.56 Å². The SMILES string of the molecule is Cc1cccc(-c2c(C)nc3c(-c4ccccc4)c(C)[nH]n3c2=O)c1. The van der Waals surface area contributed by atoms with Gasteiger partial charge in [-0.3, -0.25) is 9.89 Å². The fourth-order valence-electron chi connectivity index (χ4n) is 3.37. The summed E-state index contributed by atoms with van der Waals surface area (Å²) in [5, 5.41) is 3.19. The van der Waals surface area contributed by atoms with E-state index in [-0.39, 0.29) is 5.56 Å². The lowest BCUT2D eigenvalue weighted by Crippen LogP contribution is -2.19. The van der Waals surface area contributed by atoms with E-state index in [2.05, 4.69) is 5.10 Å². The second-order valence-electron chi connectivity index (χ2n) is 6.38. The van der Waals surface area contributed by atoms with Gasteiger partial charge >= 0.3 is 0 Å². The van der Waals surface area contributed by atoms with Gasteiger partial charge in [-0.15, -0.1) is 0 Å². The third-order valence-electron chi connectivity index (χ3n) is 4.51. The quantitative estimate of drug-likeness (QED) is 0.597. The zero-order valence-corrected chi connectivity index (χ0v) is 14.5. The second kappa shape index (κ2) is 5.74. The van der Waals surface area contributed by atoms with E-state index in [1.165, 1.54) is 0 Å². The lowest BCUT2D eigenvalue weighted by Gasteiger charge is -2.07. The number of hydrogen-bond acceptors (Lipinski definition) is 2. The molecule has 2 aromatic heterocycles.